The Morgan fingerprint density at radius 1 is 1.21 bits per heavy atom. The fraction of sp³-hybridized carbons (Fsp3) is 0.522. The summed E-state index contributed by atoms with van der Waals surface area (Å²) in [5, 5.41) is 3.16. The van der Waals surface area contributed by atoms with Crippen LogP contribution < -0.4 is 5.32 Å². The molecule has 6 heteroatoms. The Morgan fingerprint density at radius 2 is 2.00 bits per heavy atom. The lowest BCUT2D eigenvalue weighted by Crippen LogP contribution is -2.56. The van der Waals surface area contributed by atoms with Crippen LogP contribution in [-0.4, -0.2) is 46.5 Å². The van der Waals surface area contributed by atoms with Crippen molar-refractivity contribution in [2.24, 2.45) is 11.8 Å². The fourth-order valence-corrected chi connectivity index (χ4v) is 4.94. The third-order valence-corrected chi connectivity index (χ3v) is 6.72. The first kappa shape index (κ1) is 18.7. The average molecular weight is 394 g/mol. The van der Waals surface area contributed by atoms with Gasteiger partial charge in [0, 0.05) is 42.2 Å². The molecule has 29 heavy (non-hydrogen) atoms. The van der Waals surface area contributed by atoms with E-state index in [1.54, 1.807) is 12.1 Å². The molecule has 4 fully saturated rings. The lowest BCUT2D eigenvalue weighted by molar-refractivity contribution is -0.122. The minimum absolute atomic E-state index is 0.236. The molecular weight excluding hydrogens is 367 g/mol. The van der Waals surface area contributed by atoms with Crippen molar-refractivity contribution >= 4 is 5.91 Å². The van der Waals surface area contributed by atoms with Crippen LogP contribution in [0.5, 0.6) is 0 Å². The van der Waals surface area contributed by atoms with E-state index in [0.29, 0.717) is 17.9 Å². The van der Waals surface area contributed by atoms with Crippen LogP contribution in [0.4, 0.5) is 4.39 Å². The number of carbonyl (C=O) groups is 1. The maximum absolute atomic E-state index is 13.3. The molecule has 4 heterocycles. The van der Waals surface area contributed by atoms with Gasteiger partial charge in [0.05, 0.1) is 5.69 Å². The van der Waals surface area contributed by atoms with Gasteiger partial charge in [-0.25, -0.2) is 14.4 Å². The minimum Gasteiger partial charge on any atom is -0.354 e. The number of hydrogen-bond donors (Lipinski definition) is 1. The Kier molecular flexibility index (Phi) is 4.82. The predicted octanol–water partition coefficient (Wildman–Crippen LogP) is 3.30. The van der Waals surface area contributed by atoms with Crippen molar-refractivity contribution < 1.29 is 9.18 Å². The van der Waals surface area contributed by atoms with E-state index in [0.717, 1.165) is 61.7 Å². The summed E-state index contributed by atoms with van der Waals surface area (Å²) in [6.45, 7) is 4.77. The van der Waals surface area contributed by atoms with Crippen molar-refractivity contribution in [2.45, 2.75) is 44.6 Å². The molecule has 4 aliphatic rings. The molecule has 2 bridgehead atoms. The Morgan fingerprint density at radius 3 is 2.69 bits per heavy atom. The molecule has 0 spiro atoms. The SMILES string of the molecule is Cc1nc(-c2ccc(F)cc2)cc([C@@H]2CN3CC[C@H]2C[C@@H]3CNC(=O)C2CC2)n1. The third-order valence-electron chi connectivity index (χ3n) is 6.72. The van der Waals surface area contributed by atoms with Crippen LogP contribution in [0, 0.1) is 24.6 Å². The summed E-state index contributed by atoms with van der Waals surface area (Å²) in [7, 11) is 0. The Labute approximate surface area is 170 Å². The van der Waals surface area contributed by atoms with E-state index in [-0.39, 0.29) is 17.6 Å². The van der Waals surface area contributed by atoms with Gasteiger partial charge in [-0.3, -0.25) is 9.69 Å². The lowest BCUT2D eigenvalue weighted by atomic mass is 9.74. The molecule has 1 saturated carbocycles. The summed E-state index contributed by atoms with van der Waals surface area (Å²) >= 11 is 0. The van der Waals surface area contributed by atoms with Gasteiger partial charge in [0.15, 0.2) is 0 Å². The second kappa shape index (κ2) is 7.48. The number of aromatic nitrogens is 2. The molecule has 4 atom stereocenters. The Balaban J connectivity index is 1.32. The van der Waals surface area contributed by atoms with Crippen LogP contribution in [0.2, 0.25) is 0 Å². The summed E-state index contributed by atoms with van der Waals surface area (Å²) < 4.78 is 13.3. The second-order valence-corrected chi connectivity index (χ2v) is 8.79. The van der Waals surface area contributed by atoms with Gasteiger partial charge in [0.2, 0.25) is 5.91 Å². The molecule has 152 valence electrons. The largest absolute Gasteiger partial charge is 0.354 e. The summed E-state index contributed by atoms with van der Waals surface area (Å²) in [6.07, 6.45) is 4.37. The first-order chi connectivity index (χ1) is 14.1. The van der Waals surface area contributed by atoms with Crippen molar-refractivity contribution in [1.82, 2.24) is 20.2 Å². The molecule has 6 rings (SSSR count). The Hall–Kier alpha value is -2.34. The molecule has 1 aromatic heterocycles. The Bertz CT molecular complexity index is 912. The summed E-state index contributed by atoms with van der Waals surface area (Å²) in [6, 6.07) is 9.01. The first-order valence-electron chi connectivity index (χ1n) is 10.7. The van der Waals surface area contributed by atoms with Crippen LogP contribution in [0.15, 0.2) is 30.3 Å². The van der Waals surface area contributed by atoms with E-state index in [9.17, 15) is 9.18 Å². The lowest BCUT2D eigenvalue weighted by Gasteiger charge is -2.49. The third kappa shape index (κ3) is 3.90. The molecule has 2 aromatic rings. The van der Waals surface area contributed by atoms with E-state index < -0.39 is 0 Å². The summed E-state index contributed by atoms with van der Waals surface area (Å²) in [4.78, 5) is 23.9. The van der Waals surface area contributed by atoms with Crippen LogP contribution in [0.1, 0.15) is 43.1 Å². The monoisotopic (exact) mass is 394 g/mol. The number of amides is 1. The van der Waals surface area contributed by atoms with Crippen molar-refractivity contribution in [3.8, 4) is 11.3 Å². The van der Waals surface area contributed by atoms with Gasteiger partial charge in [0.1, 0.15) is 11.6 Å². The maximum Gasteiger partial charge on any atom is 0.223 e. The zero-order valence-corrected chi connectivity index (χ0v) is 16.8. The quantitative estimate of drug-likeness (QED) is 0.845. The van der Waals surface area contributed by atoms with Crippen LogP contribution >= 0.6 is 0 Å². The van der Waals surface area contributed by atoms with Crippen molar-refractivity contribution in [3.05, 3.63) is 47.7 Å². The van der Waals surface area contributed by atoms with Crippen molar-refractivity contribution in [2.75, 3.05) is 19.6 Å². The molecular formula is C23H27FN4O. The van der Waals surface area contributed by atoms with E-state index in [2.05, 4.69) is 21.3 Å². The van der Waals surface area contributed by atoms with Gasteiger partial charge in [-0.15, -0.1) is 0 Å². The number of aryl methyl sites for hydroxylation is 1. The van der Waals surface area contributed by atoms with E-state index in [1.165, 1.54) is 18.6 Å². The van der Waals surface area contributed by atoms with Crippen LogP contribution in [0.3, 0.4) is 0 Å². The zero-order valence-electron chi connectivity index (χ0n) is 16.8. The first-order valence-corrected chi connectivity index (χ1v) is 10.7. The highest BCUT2D eigenvalue weighted by Gasteiger charge is 2.42. The molecule has 3 saturated heterocycles. The fourth-order valence-electron chi connectivity index (χ4n) is 4.94. The summed E-state index contributed by atoms with van der Waals surface area (Å²) in [5.74, 6) is 1.99. The second-order valence-electron chi connectivity index (χ2n) is 8.79. The van der Waals surface area contributed by atoms with Crippen molar-refractivity contribution in [1.29, 1.82) is 0 Å². The minimum atomic E-state index is -0.239. The molecule has 5 nitrogen and oxygen atoms in total. The van der Waals surface area contributed by atoms with Gasteiger partial charge < -0.3 is 5.32 Å². The van der Waals surface area contributed by atoms with E-state index >= 15 is 0 Å². The average Bonchev–Trinajstić information content (AvgIpc) is 3.58. The molecule has 1 aliphatic carbocycles. The number of nitrogens with zero attached hydrogens (tertiary/aromatic N) is 3. The molecule has 1 N–H and O–H groups in total. The number of hydrogen-bond acceptors (Lipinski definition) is 4. The molecule has 1 unspecified atom stereocenters. The summed E-state index contributed by atoms with van der Waals surface area (Å²) in [5.41, 5.74) is 2.87. The molecule has 3 aliphatic heterocycles. The number of piperidine rings is 3. The maximum atomic E-state index is 13.3. The number of rotatable bonds is 5. The normalized spacial score (nSPS) is 28.3. The molecule has 1 amide bonds. The standard InChI is InChI=1S/C23H27FN4O/c1-14-26-21(15-4-6-18(24)7-5-15)11-22(27-14)20-13-28-9-8-17(20)10-19(28)12-25-23(29)16-2-3-16/h4-7,11,16-17,19-20H,2-3,8-10,12-13H2,1H3,(H,25,29)/t17-,19+,20+/m0/s1. The smallest absolute Gasteiger partial charge is 0.223 e. The predicted molar refractivity (Wildman–Crippen MR) is 109 cm³/mol. The molecule has 1 aromatic carbocycles. The number of nitrogens with one attached hydrogen (secondary N) is 1. The van der Waals surface area contributed by atoms with Crippen molar-refractivity contribution in [3.63, 3.8) is 0 Å². The number of fused-ring (bicyclic) bond motifs is 3. The van der Waals surface area contributed by atoms with Gasteiger partial charge in [0.25, 0.3) is 0 Å². The number of benzene rings is 1. The topological polar surface area (TPSA) is 58.1 Å². The van der Waals surface area contributed by atoms with Gasteiger partial charge in [-0.2, -0.15) is 0 Å². The van der Waals surface area contributed by atoms with E-state index in [4.69, 9.17) is 4.98 Å². The van der Waals surface area contributed by atoms with E-state index in [1.807, 2.05) is 6.92 Å². The van der Waals surface area contributed by atoms with Gasteiger partial charge in [-0.1, -0.05) is 0 Å². The van der Waals surface area contributed by atoms with Gasteiger partial charge >= 0.3 is 0 Å². The highest BCUT2D eigenvalue weighted by atomic mass is 19.1. The highest BCUT2D eigenvalue weighted by molar-refractivity contribution is 5.80. The highest BCUT2D eigenvalue weighted by Crippen LogP contribution is 2.41. The van der Waals surface area contributed by atoms with Crippen LogP contribution in [-0.2, 0) is 4.79 Å². The zero-order chi connectivity index (χ0) is 20.0. The number of carbonyl (C=O) groups excluding carboxylic acids is 1. The molecule has 0 radical (unpaired) electrons. The van der Waals surface area contributed by atoms with Crippen LogP contribution in [0.25, 0.3) is 11.3 Å². The number of halogens is 1. The van der Waals surface area contributed by atoms with Gasteiger partial charge in [-0.05, 0) is 75.4 Å².